The lowest BCUT2D eigenvalue weighted by molar-refractivity contribution is 0.699. The fourth-order valence-electron chi connectivity index (χ4n) is 1.72. The highest BCUT2D eigenvalue weighted by Gasteiger charge is 2.40. The summed E-state index contributed by atoms with van der Waals surface area (Å²) in [6, 6.07) is 6.45. The average molecular weight is 303 g/mol. The van der Waals surface area contributed by atoms with Gasteiger partial charge in [0.15, 0.2) is 8.86 Å². The lowest BCUT2D eigenvalue weighted by Crippen LogP contribution is -2.50. The molecule has 0 bridgehead atoms. The molecule has 0 saturated carbocycles. The second-order valence-electron chi connectivity index (χ2n) is 5.88. The van der Waals surface area contributed by atoms with E-state index in [-0.39, 0.29) is 0 Å². The summed E-state index contributed by atoms with van der Waals surface area (Å²) in [5.74, 6) is 0. The number of hydrogen-bond acceptors (Lipinski definition) is 3. The average Bonchev–Trinajstić information content (AvgIpc) is 2.55. The smallest absolute Gasteiger partial charge is 0.151 e. The normalized spacial score (nSPS) is 20.4. The van der Waals surface area contributed by atoms with Crippen molar-refractivity contribution in [2.75, 3.05) is 0 Å². The van der Waals surface area contributed by atoms with Crippen molar-refractivity contribution >= 4 is 43.7 Å². The standard InChI is InChI=1S/C12H18OS3Si/c1-12(2,3)17(4,5)10-8-6-7-9-11(10)15-16(13)14-9/h6-8H,1-5H3. The molecule has 1 nitrogen and oxygen atoms in total. The van der Waals surface area contributed by atoms with Gasteiger partial charge in [-0.1, -0.05) is 46.0 Å². The second kappa shape index (κ2) is 4.44. The van der Waals surface area contributed by atoms with Crippen molar-refractivity contribution in [2.24, 2.45) is 0 Å². The third-order valence-electron chi connectivity index (χ3n) is 3.84. The van der Waals surface area contributed by atoms with Gasteiger partial charge in [-0.05, 0) is 37.9 Å². The molecule has 0 fully saturated rings. The molecule has 5 heteroatoms. The molecule has 1 aliphatic rings. The molecule has 0 N–H and O–H groups in total. The highest BCUT2D eigenvalue weighted by atomic mass is 33.5. The lowest BCUT2D eigenvalue weighted by atomic mass is 10.2. The molecule has 1 atom stereocenters. The molecule has 17 heavy (non-hydrogen) atoms. The molecular formula is C12H18OS3Si. The van der Waals surface area contributed by atoms with Gasteiger partial charge in [-0.25, -0.2) is 4.21 Å². The molecule has 0 aliphatic carbocycles. The third-order valence-corrected chi connectivity index (χ3v) is 14.1. The molecule has 0 aromatic heterocycles. The van der Waals surface area contributed by atoms with Crippen molar-refractivity contribution in [1.82, 2.24) is 0 Å². The predicted molar refractivity (Wildman–Crippen MR) is 83.1 cm³/mol. The molecule has 1 aliphatic heterocycles. The molecule has 1 unspecified atom stereocenters. The zero-order valence-electron chi connectivity index (χ0n) is 10.9. The van der Waals surface area contributed by atoms with Gasteiger partial charge >= 0.3 is 0 Å². The summed E-state index contributed by atoms with van der Waals surface area (Å²) in [5.41, 5.74) is 0. The first-order valence-corrected chi connectivity index (χ1v) is 12.5. The number of rotatable bonds is 1. The van der Waals surface area contributed by atoms with Crippen LogP contribution in [0.1, 0.15) is 20.8 Å². The first-order valence-electron chi connectivity index (χ1n) is 5.65. The van der Waals surface area contributed by atoms with Crippen LogP contribution in [-0.4, -0.2) is 12.3 Å². The quantitative estimate of drug-likeness (QED) is 0.572. The molecule has 94 valence electrons. The van der Waals surface area contributed by atoms with Crippen LogP contribution in [0.3, 0.4) is 0 Å². The number of benzene rings is 1. The Kier molecular flexibility index (Phi) is 3.58. The third kappa shape index (κ3) is 2.39. The largest absolute Gasteiger partial charge is 0.235 e. The van der Waals surface area contributed by atoms with Gasteiger partial charge in [-0.15, -0.1) is 0 Å². The van der Waals surface area contributed by atoms with Crippen molar-refractivity contribution in [1.29, 1.82) is 0 Å². The fourth-order valence-corrected chi connectivity index (χ4v) is 9.97. The van der Waals surface area contributed by atoms with Crippen molar-refractivity contribution < 1.29 is 4.21 Å². The van der Waals surface area contributed by atoms with Crippen LogP contribution in [0, 0.1) is 0 Å². The van der Waals surface area contributed by atoms with Crippen LogP contribution in [0.4, 0.5) is 0 Å². The summed E-state index contributed by atoms with van der Waals surface area (Å²) in [5, 5.41) is 1.78. The predicted octanol–water partition coefficient (Wildman–Crippen LogP) is 4.18. The molecular weight excluding hydrogens is 284 g/mol. The van der Waals surface area contributed by atoms with E-state index in [1.54, 1.807) is 0 Å². The maximum absolute atomic E-state index is 11.7. The van der Waals surface area contributed by atoms with Gasteiger partial charge in [-0.2, -0.15) is 0 Å². The minimum absolute atomic E-state index is 0.317. The summed E-state index contributed by atoms with van der Waals surface area (Å²) >= 11 is 0. The van der Waals surface area contributed by atoms with E-state index < -0.39 is 16.9 Å². The minimum Gasteiger partial charge on any atom is -0.235 e. The summed E-state index contributed by atoms with van der Waals surface area (Å²) in [7, 11) is 0.648. The van der Waals surface area contributed by atoms with E-state index in [2.05, 4.69) is 52.1 Å². The Morgan fingerprint density at radius 3 is 2.41 bits per heavy atom. The van der Waals surface area contributed by atoms with Crippen LogP contribution < -0.4 is 5.19 Å². The molecule has 1 aromatic rings. The Labute approximate surface area is 114 Å². The topological polar surface area (TPSA) is 17.1 Å². The van der Waals surface area contributed by atoms with Gasteiger partial charge in [-0.3, -0.25) is 0 Å². The van der Waals surface area contributed by atoms with Gasteiger partial charge in [0.1, 0.15) is 0 Å². The van der Waals surface area contributed by atoms with Crippen LogP contribution in [0.15, 0.2) is 28.0 Å². The van der Waals surface area contributed by atoms with Crippen molar-refractivity contribution in [3.8, 4) is 0 Å². The van der Waals surface area contributed by atoms with E-state index in [9.17, 15) is 4.21 Å². The van der Waals surface area contributed by atoms with E-state index in [4.69, 9.17) is 0 Å². The first kappa shape index (κ1) is 13.7. The van der Waals surface area contributed by atoms with Crippen LogP contribution in [0.25, 0.3) is 0 Å². The van der Waals surface area contributed by atoms with Crippen LogP contribution in [-0.2, 0) is 8.86 Å². The summed E-state index contributed by atoms with van der Waals surface area (Å²) in [6.07, 6.45) is 0. The van der Waals surface area contributed by atoms with Gasteiger partial charge in [0.25, 0.3) is 0 Å². The number of hydrogen-bond donors (Lipinski definition) is 0. The van der Waals surface area contributed by atoms with Gasteiger partial charge < -0.3 is 0 Å². The molecule has 1 aromatic carbocycles. The van der Waals surface area contributed by atoms with Crippen LogP contribution in [0.2, 0.25) is 18.1 Å². The zero-order valence-corrected chi connectivity index (χ0v) is 14.3. The molecule has 1 heterocycles. The maximum Gasteiger partial charge on any atom is 0.151 e. The van der Waals surface area contributed by atoms with Crippen molar-refractivity contribution in [3.05, 3.63) is 18.2 Å². The Balaban J connectivity index is 2.56. The monoisotopic (exact) mass is 302 g/mol. The van der Waals surface area contributed by atoms with E-state index in [0.29, 0.717) is 5.04 Å². The van der Waals surface area contributed by atoms with Crippen molar-refractivity contribution in [2.45, 2.75) is 48.7 Å². The maximum atomic E-state index is 11.7. The molecule has 0 radical (unpaired) electrons. The SMILES string of the molecule is CC(C)(C)[Si](C)(C)c1cccc2c1SS(=O)S2. The Bertz CT molecular complexity index is 477. The fraction of sp³-hybridized carbons (Fsp3) is 0.500. The van der Waals surface area contributed by atoms with E-state index in [1.807, 2.05) is 0 Å². The Morgan fingerprint density at radius 1 is 1.18 bits per heavy atom. The van der Waals surface area contributed by atoms with Gasteiger partial charge in [0.2, 0.25) is 0 Å². The Morgan fingerprint density at radius 2 is 1.82 bits per heavy atom. The van der Waals surface area contributed by atoms with Crippen LogP contribution in [0.5, 0.6) is 0 Å². The van der Waals surface area contributed by atoms with Crippen molar-refractivity contribution in [3.63, 3.8) is 0 Å². The molecule has 0 spiro atoms. The van der Waals surface area contributed by atoms with E-state index in [0.717, 1.165) is 0 Å². The number of fused-ring (bicyclic) bond motifs is 1. The van der Waals surface area contributed by atoms with Crippen LogP contribution >= 0.6 is 21.6 Å². The van der Waals surface area contributed by atoms with E-state index >= 15 is 0 Å². The first-order chi connectivity index (χ1) is 7.73. The molecule has 0 amide bonds. The van der Waals surface area contributed by atoms with Gasteiger partial charge in [0.05, 0.1) is 8.07 Å². The van der Waals surface area contributed by atoms with E-state index in [1.165, 1.54) is 36.6 Å². The summed E-state index contributed by atoms with van der Waals surface area (Å²) in [4.78, 5) is 2.48. The highest BCUT2D eigenvalue weighted by Crippen LogP contribution is 2.48. The zero-order chi connectivity index (χ0) is 12.8. The highest BCUT2D eigenvalue weighted by molar-refractivity contribution is 9.03. The molecule has 2 rings (SSSR count). The minimum atomic E-state index is -1.54. The summed E-state index contributed by atoms with van der Waals surface area (Å²) < 4.78 is 11.7. The van der Waals surface area contributed by atoms with Gasteiger partial charge in [0, 0.05) is 9.79 Å². The molecule has 0 saturated heterocycles. The lowest BCUT2D eigenvalue weighted by Gasteiger charge is -2.38. The second-order valence-corrected chi connectivity index (χ2v) is 16.2. The Hall–Kier alpha value is 0.287. The summed E-state index contributed by atoms with van der Waals surface area (Å²) in [6.45, 7) is 11.8.